The number of rotatable bonds is 2. The number of nitrogens with zero attached hydrogens (tertiary/aromatic N) is 3. The molecule has 1 saturated carbocycles. The number of hydrogen-bond acceptors (Lipinski definition) is 3. The molecule has 0 aromatic heterocycles. The van der Waals surface area contributed by atoms with Crippen molar-refractivity contribution in [2.75, 3.05) is 6.61 Å². The maximum absolute atomic E-state index is 9.63. The second-order valence-corrected chi connectivity index (χ2v) is 3.59. The Kier molecular flexibility index (Phi) is 2.00. The molecule has 0 saturated heterocycles. The normalized spacial score (nSPS) is 41.5. The Morgan fingerprint density at radius 1 is 1.69 bits per heavy atom. The van der Waals surface area contributed by atoms with Crippen molar-refractivity contribution in [3.05, 3.63) is 22.1 Å². The molecule has 0 spiro atoms. The molecule has 0 amide bonds. The highest BCUT2D eigenvalue weighted by Crippen LogP contribution is 2.45. The van der Waals surface area contributed by atoms with E-state index in [0.29, 0.717) is 0 Å². The van der Waals surface area contributed by atoms with Crippen molar-refractivity contribution in [1.82, 2.24) is 0 Å². The molecule has 0 heterocycles. The molecule has 70 valence electrons. The van der Waals surface area contributed by atoms with E-state index in [2.05, 4.69) is 10.0 Å². The van der Waals surface area contributed by atoms with Crippen molar-refractivity contribution in [3.63, 3.8) is 0 Å². The SMILES string of the molecule is [N-]=[N+]=NC1C2CC(C=C2CO)C1O. The number of fused-ring (bicyclic) bond motifs is 2. The second-order valence-electron chi connectivity index (χ2n) is 3.59. The molecule has 0 aromatic carbocycles. The van der Waals surface area contributed by atoms with E-state index in [1.54, 1.807) is 0 Å². The van der Waals surface area contributed by atoms with Gasteiger partial charge in [-0.05, 0) is 23.4 Å². The van der Waals surface area contributed by atoms with Crippen molar-refractivity contribution < 1.29 is 10.2 Å². The summed E-state index contributed by atoms with van der Waals surface area (Å²) in [7, 11) is 0. The van der Waals surface area contributed by atoms with E-state index in [-0.39, 0.29) is 24.5 Å². The van der Waals surface area contributed by atoms with E-state index < -0.39 is 6.10 Å². The van der Waals surface area contributed by atoms with Crippen LogP contribution in [0.2, 0.25) is 0 Å². The quantitative estimate of drug-likeness (QED) is 0.282. The zero-order valence-electron chi connectivity index (χ0n) is 7.04. The number of hydrogen-bond donors (Lipinski definition) is 2. The average Bonchev–Trinajstić information content (AvgIpc) is 2.66. The third kappa shape index (κ3) is 1.13. The second kappa shape index (κ2) is 3.03. The summed E-state index contributed by atoms with van der Waals surface area (Å²) in [6.07, 6.45) is 2.15. The molecule has 2 bridgehead atoms. The summed E-state index contributed by atoms with van der Waals surface area (Å²) in [6.45, 7) is 0.00529. The molecule has 0 radical (unpaired) electrons. The first-order chi connectivity index (χ1) is 6.27. The molecule has 0 aromatic rings. The van der Waals surface area contributed by atoms with Gasteiger partial charge in [0.25, 0.3) is 0 Å². The average molecular weight is 181 g/mol. The standard InChI is InChI=1S/C8H11N3O2/c9-11-10-7-6-2-4(8(7)13)1-5(6)3-12/h1,4,6-8,12-13H,2-3H2. The third-order valence-corrected chi connectivity index (χ3v) is 3.00. The minimum Gasteiger partial charge on any atom is -0.392 e. The summed E-state index contributed by atoms with van der Waals surface area (Å²) >= 11 is 0. The Morgan fingerprint density at radius 2 is 2.46 bits per heavy atom. The van der Waals surface area contributed by atoms with Crippen LogP contribution in [0.25, 0.3) is 10.4 Å². The molecule has 2 rings (SSSR count). The predicted molar refractivity (Wildman–Crippen MR) is 45.7 cm³/mol. The Morgan fingerprint density at radius 3 is 3.00 bits per heavy atom. The van der Waals surface area contributed by atoms with Gasteiger partial charge in [-0.15, -0.1) is 0 Å². The summed E-state index contributed by atoms with van der Waals surface area (Å²) in [5.74, 6) is 0.128. The lowest BCUT2D eigenvalue weighted by Crippen LogP contribution is -2.30. The summed E-state index contributed by atoms with van der Waals surface area (Å²) in [5.41, 5.74) is 9.21. The minimum absolute atomic E-state index is 0.00529. The van der Waals surface area contributed by atoms with Crippen LogP contribution >= 0.6 is 0 Å². The van der Waals surface area contributed by atoms with Gasteiger partial charge >= 0.3 is 0 Å². The van der Waals surface area contributed by atoms with E-state index in [1.807, 2.05) is 6.08 Å². The fraction of sp³-hybridized carbons (Fsp3) is 0.750. The van der Waals surface area contributed by atoms with Crippen LogP contribution in [0, 0.1) is 11.8 Å². The molecule has 13 heavy (non-hydrogen) atoms. The van der Waals surface area contributed by atoms with Gasteiger partial charge in [0.1, 0.15) is 0 Å². The predicted octanol–water partition coefficient (Wildman–Crippen LogP) is 0.595. The van der Waals surface area contributed by atoms with E-state index in [4.69, 9.17) is 10.6 Å². The van der Waals surface area contributed by atoms with Crippen molar-refractivity contribution in [2.45, 2.75) is 18.6 Å². The lowest BCUT2D eigenvalue weighted by molar-refractivity contribution is 0.126. The van der Waals surface area contributed by atoms with Crippen molar-refractivity contribution >= 4 is 0 Å². The van der Waals surface area contributed by atoms with Crippen LogP contribution in [0.4, 0.5) is 0 Å². The molecule has 2 aliphatic carbocycles. The molecular formula is C8H11N3O2. The Labute approximate surface area is 75.3 Å². The molecule has 4 atom stereocenters. The van der Waals surface area contributed by atoms with Gasteiger partial charge in [0.15, 0.2) is 0 Å². The molecule has 4 unspecified atom stereocenters. The molecular weight excluding hydrogens is 170 g/mol. The van der Waals surface area contributed by atoms with Crippen LogP contribution in [0.3, 0.4) is 0 Å². The van der Waals surface area contributed by atoms with Crippen LogP contribution in [-0.2, 0) is 0 Å². The van der Waals surface area contributed by atoms with Gasteiger partial charge < -0.3 is 10.2 Å². The Hall–Kier alpha value is -1.03. The first-order valence-electron chi connectivity index (χ1n) is 4.31. The zero-order valence-corrected chi connectivity index (χ0v) is 7.04. The van der Waals surface area contributed by atoms with Gasteiger partial charge in [-0.2, -0.15) is 0 Å². The van der Waals surface area contributed by atoms with Crippen LogP contribution in [0.1, 0.15) is 6.42 Å². The lowest BCUT2D eigenvalue weighted by atomic mass is 9.93. The first-order valence-corrected chi connectivity index (χ1v) is 4.31. The van der Waals surface area contributed by atoms with Gasteiger partial charge in [0.05, 0.1) is 18.8 Å². The smallest absolute Gasteiger partial charge is 0.0705 e. The zero-order chi connectivity index (χ0) is 9.42. The van der Waals surface area contributed by atoms with Gasteiger partial charge in [-0.25, -0.2) is 0 Å². The first kappa shape index (κ1) is 8.56. The fourth-order valence-electron chi connectivity index (χ4n) is 2.38. The Balaban J connectivity index is 2.26. The van der Waals surface area contributed by atoms with Crippen LogP contribution in [0.5, 0.6) is 0 Å². The summed E-state index contributed by atoms with van der Waals surface area (Å²) in [5, 5.41) is 22.2. The van der Waals surface area contributed by atoms with E-state index in [1.165, 1.54) is 0 Å². The summed E-state index contributed by atoms with van der Waals surface area (Å²) in [4.78, 5) is 2.71. The van der Waals surface area contributed by atoms with Crippen molar-refractivity contribution in [1.29, 1.82) is 0 Å². The summed E-state index contributed by atoms with van der Waals surface area (Å²) < 4.78 is 0. The fourth-order valence-corrected chi connectivity index (χ4v) is 2.38. The topological polar surface area (TPSA) is 89.2 Å². The highest BCUT2D eigenvalue weighted by molar-refractivity contribution is 5.26. The van der Waals surface area contributed by atoms with Gasteiger partial charge in [0, 0.05) is 10.8 Å². The molecule has 1 fully saturated rings. The van der Waals surface area contributed by atoms with Gasteiger partial charge in [-0.1, -0.05) is 11.2 Å². The molecule has 5 heteroatoms. The molecule has 2 aliphatic rings. The van der Waals surface area contributed by atoms with E-state index >= 15 is 0 Å². The lowest BCUT2D eigenvalue weighted by Gasteiger charge is -2.22. The highest BCUT2D eigenvalue weighted by atomic mass is 16.3. The number of azide groups is 1. The van der Waals surface area contributed by atoms with Crippen LogP contribution < -0.4 is 0 Å². The summed E-state index contributed by atoms with van der Waals surface area (Å²) in [6, 6.07) is -0.373. The number of aliphatic hydroxyl groups is 2. The van der Waals surface area contributed by atoms with E-state index in [0.717, 1.165) is 12.0 Å². The maximum atomic E-state index is 9.63. The van der Waals surface area contributed by atoms with E-state index in [9.17, 15) is 5.11 Å². The Bertz CT molecular complexity index is 296. The largest absolute Gasteiger partial charge is 0.392 e. The molecule has 2 N–H and O–H groups in total. The maximum Gasteiger partial charge on any atom is 0.0705 e. The number of aliphatic hydroxyl groups excluding tert-OH is 2. The monoisotopic (exact) mass is 181 g/mol. The minimum atomic E-state index is -0.559. The van der Waals surface area contributed by atoms with Crippen molar-refractivity contribution in [3.8, 4) is 0 Å². The molecule has 5 nitrogen and oxygen atoms in total. The third-order valence-electron chi connectivity index (χ3n) is 3.00. The van der Waals surface area contributed by atoms with Crippen LogP contribution in [-0.4, -0.2) is 29.0 Å². The van der Waals surface area contributed by atoms with Crippen molar-refractivity contribution in [2.24, 2.45) is 17.0 Å². The highest BCUT2D eigenvalue weighted by Gasteiger charge is 2.46. The van der Waals surface area contributed by atoms with Crippen LogP contribution in [0.15, 0.2) is 16.8 Å². The van der Waals surface area contributed by atoms with Gasteiger partial charge in [0.2, 0.25) is 0 Å². The van der Waals surface area contributed by atoms with Gasteiger partial charge in [-0.3, -0.25) is 0 Å². The molecule has 0 aliphatic heterocycles.